The van der Waals surface area contributed by atoms with Crippen LogP contribution in [0.5, 0.6) is 0 Å². The summed E-state index contributed by atoms with van der Waals surface area (Å²) in [5, 5.41) is 0. The summed E-state index contributed by atoms with van der Waals surface area (Å²) in [6, 6.07) is 30.3. The molecule has 0 saturated heterocycles. The minimum absolute atomic E-state index is 0.745. The topological polar surface area (TPSA) is 12.5 Å². The molecular formula is C23H21NOS. The molecule has 3 rings (SSSR count). The zero-order valence-electron chi connectivity index (χ0n) is 14.9. The van der Waals surface area contributed by atoms with Crippen molar-refractivity contribution in [2.45, 2.75) is 0 Å². The molecule has 3 aromatic rings. The molecule has 0 saturated carbocycles. The SMILES string of the molecule is CO/C(=C(/c1ccccc1)N(C)C(=S)c1ccccc1)c1ccccc1. The molecule has 0 aromatic heterocycles. The summed E-state index contributed by atoms with van der Waals surface area (Å²) in [5.41, 5.74) is 4.00. The lowest BCUT2D eigenvalue weighted by Crippen LogP contribution is -2.25. The van der Waals surface area contributed by atoms with Crippen LogP contribution in [0.1, 0.15) is 16.7 Å². The van der Waals surface area contributed by atoms with Gasteiger partial charge in [0.05, 0.1) is 12.8 Å². The van der Waals surface area contributed by atoms with E-state index in [0.29, 0.717) is 0 Å². The summed E-state index contributed by atoms with van der Waals surface area (Å²) in [5.74, 6) is 0.789. The third-order valence-corrected chi connectivity index (χ3v) is 4.67. The molecule has 0 unspecified atom stereocenters. The van der Waals surface area contributed by atoms with Crippen molar-refractivity contribution in [3.05, 3.63) is 108 Å². The molecule has 0 bridgehead atoms. The lowest BCUT2D eigenvalue weighted by Gasteiger charge is -2.26. The molecule has 3 aromatic carbocycles. The number of benzene rings is 3. The number of nitrogens with zero attached hydrogens (tertiary/aromatic N) is 1. The second kappa shape index (κ2) is 8.45. The number of hydrogen-bond donors (Lipinski definition) is 0. The van der Waals surface area contributed by atoms with Crippen LogP contribution in [0.25, 0.3) is 11.5 Å². The van der Waals surface area contributed by atoms with E-state index in [2.05, 4.69) is 12.1 Å². The molecule has 0 aliphatic rings. The molecule has 130 valence electrons. The monoisotopic (exact) mass is 359 g/mol. The zero-order valence-corrected chi connectivity index (χ0v) is 15.7. The Labute approximate surface area is 160 Å². The van der Waals surface area contributed by atoms with E-state index in [-0.39, 0.29) is 0 Å². The van der Waals surface area contributed by atoms with Crippen molar-refractivity contribution >= 4 is 28.7 Å². The first-order valence-electron chi connectivity index (χ1n) is 8.44. The van der Waals surface area contributed by atoms with Gasteiger partial charge >= 0.3 is 0 Å². The molecule has 2 nitrogen and oxygen atoms in total. The normalized spacial score (nSPS) is 11.5. The summed E-state index contributed by atoms with van der Waals surface area (Å²) in [7, 11) is 3.68. The Morgan fingerprint density at radius 1 is 0.692 bits per heavy atom. The van der Waals surface area contributed by atoms with E-state index in [1.807, 2.05) is 90.8 Å². The minimum Gasteiger partial charge on any atom is -0.494 e. The Morgan fingerprint density at radius 3 is 1.58 bits per heavy atom. The first kappa shape index (κ1) is 17.9. The summed E-state index contributed by atoms with van der Waals surface area (Å²) in [6.45, 7) is 0. The highest BCUT2D eigenvalue weighted by Crippen LogP contribution is 2.30. The van der Waals surface area contributed by atoms with Gasteiger partial charge in [0.1, 0.15) is 10.7 Å². The van der Waals surface area contributed by atoms with Gasteiger partial charge in [-0.05, 0) is 0 Å². The fourth-order valence-corrected chi connectivity index (χ4v) is 3.12. The van der Waals surface area contributed by atoms with Gasteiger partial charge < -0.3 is 9.64 Å². The van der Waals surface area contributed by atoms with Crippen LogP contribution in [0.2, 0.25) is 0 Å². The molecule has 0 aliphatic carbocycles. The van der Waals surface area contributed by atoms with Crippen molar-refractivity contribution in [3.63, 3.8) is 0 Å². The van der Waals surface area contributed by atoms with Crippen LogP contribution in [-0.4, -0.2) is 24.0 Å². The van der Waals surface area contributed by atoms with Gasteiger partial charge in [0.2, 0.25) is 0 Å². The molecule has 0 fully saturated rings. The van der Waals surface area contributed by atoms with Crippen molar-refractivity contribution in [1.29, 1.82) is 0 Å². The van der Waals surface area contributed by atoms with Crippen molar-refractivity contribution in [3.8, 4) is 0 Å². The number of hydrogen-bond acceptors (Lipinski definition) is 2. The second-order valence-electron chi connectivity index (χ2n) is 5.84. The predicted molar refractivity (Wildman–Crippen MR) is 113 cm³/mol. The highest BCUT2D eigenvalue weighted by atomic mass is 32.1. The lowest BCUT2D eigenvalue weighted by atomic mass is 10.0. The van der Waals surface area contributed by atoms with E-state index >= 15 is 0 Å². The molecule has 0 spiro atoms. The summed E-state index contributed by atoms with van der Waals surface area (Å²) >= 11 is 5.77. The van der Waals surface area contributed by atoms with Gasteiger partial charge in [-0.15, -0.1) is 0 Å². The van der Waals surface area contributed by atoms with Crippen molar-refractivity contribution in [1.82, 2.24) is 4.90 Å². The number of rotatable bonds is 5. The Balaban J connectivity index is 2.15. The van der Waals surface area contributed by atoms with Crippen molar-refractivity contribution in [2.24, 2.45) is 0 Å². The van der Waals surface area contributed by atoms with E-state index in [9.17, 15) is 0 Å². The van der Waals surface area contributed by atoms with E-state index in [1.54, 1.807) is 7.11 Å². The van der Waals surface area contributed by atoms with Gasteiger partial charge in [0.15, 0.2) is 0 Å². The van der Waals surface area contributed by atoms with E-state index in [1.165, 1.54) is 0 Å². The van der Waals surface area contributed by atoms with Gasteiger partial charge in [-0.25, -0.2) is 0 Å². The molecular weight excluding hydrogens is 338 g/mol. The maximum Gasteiger partial charge on any atom is 0.150 e. The van der Waals surface area contributed by atoms with Gasteiger partial charge in [-0.1, -0.05) is 103 Å². The van der Waals surface area contributed by atoms with Gasteiger partial charge in [0.25, 0.3) is 0 Å². The maximum absolute atomic E-state index is 5.84. The van der Waals surface area contributed by atoms with E-state index in [4.69, 9.17) is 17.0 Å². The van der Waals surface area contributed by atoms with Gasteiger partial charge in [-0.2, -0.15) is 0 Å². The Morgan fingerprint density at radius 2 is 1.12 bits per heavy atom. The molecule has 26 heavy (non-hydrogen) atoms. The van der Waals surface area contributed by atoms with Crippen LogP contribution >= 0.6 is 12.2 Å². The van der Waals surface area contributed by atoms with Gasteiger partial charge in [-0.3, -0.25) is 0 Å². The summed E-state index contributed by atoms with van der Waals surface area (Å²) < 4.78 is 5.84. The van der Waals surface area contributed by atoms with Crippen molar-refractivity contribution in [2.75, 3.05) is 14.2 Å². The first-order valence-corrected chi connectivity index (χ1v) is 8.85. The highest BCUT2D eigenvalue weighted by molar-refractivity contribution is 7.80. The largest absolute Gasteiger partial charge is 0.494 e. The molecule has 0 atom stereocenters. The average molecular weight is 359 g/mol. The molecule has 0 aliphatic heterocycles. The van der Waals surface area contributed by atoms with Crippen LogP contribution in [0, 0.1) is 0 Å². The molecule has 0 amide bonds. The molecule has 0 radical (unpaired) electrons. The maximum atomic E-state index is 5.84. The second-order valence-corrected chi connectivity index (χ2v) is 6.23. The minimum atomic E-state index is 0.745. The Bertz CT molecular complexity index is 889. The van der Waals surface area contributed by atoms with Gasteiger partial charge in [0, 0.05) is 23.7 Å². The van der Waals surface area contributed by atoms with Crippen LogP contribution in [0.3, 0.4) is 0 Å². The van der Waals surface area contributed by atoms with Crippen molar-refractivity contribution < 1.29 is 4.74 Å². The number of thiocarbonyl (C=S) groups is 1. The number of ether oxygens (including phenoxy) is 1. The van der Waals surface area contributed by atoms with Crippen LogP contribution in [0.4, 0.5) is 0 Å². The van der Waals surface area contributed by atoms with E-state index < -0.39 is 0 Å². The fourth-order valence-electron chi connectivity index (χ4n) is 2.89. The number of methoxy groups -OCH3 is 1. The molecule has 0 heterocycles. The van der Waals surface area contributed by atoms with E-state index in [0.717, 1.165) is 33.1 Å². The summed E-state index contributed by atoms with van der Waals surface area (Å²) in [4.78, 5) is 2.76. The highest BCUT2D eigenvalue weighted by Gasteiger charge is 2.20. The molecule has 0 N–H and O–H groups in total. The fraction of sp³-hybridized carbons (Fsp3) is 0.0870. The smallest absolute Gasteiger partial charge is 0.150 e. The third-order valence-electron chi connectivity index (χ3n) is 4.16. The van der Waals surface area contributed by atoms with Crippen LogP contribution in [-0.2, 0) is 4.74 Å². The predicted octanol–water partition coefficient (Wildman–Crippen LogP) is 5.47. The van der Waals surface area contributed by atoms with Crippen LogP contribution in [0.15, 0.2) is 91.0 Å². The zero-order chi connectivity index (χ0) is 18.4. The Hall–Kier alpha value is -2.91. The lowest BCUT2D eigenvalue weighted by molar-refractivity contribution is 0.367. The first-order chi connectivity index (χ1) is 12.7. The quantitative estimate of drug-likeness (QED) is 0.341. The Kier molecular flexibility index (Phi) is 5.82. The standard InChI is InChI=1S/C23H21NOS/c1-24(23(26)20-16-10-5-11-17-20)21(18-12-6-3-7-13-18)22(25-2)19-14-8-4-9-15-19/h3-17H,1-2H3/b22-21-. The molecule has 3 heteroatoms. The van der Waals surface area contributed by atoms with Crippen LogP contribution < -0.4 is 0 Å². The third kappa shape index (κ3) is 3.84. The summed E-state index contributed by atoms with van der Waals surface area (Å²) in [6.07, 6.45) is 0. The average Bonchev–Trinajstić information content (AvgIpc) is 2.73.